The van der Waals surface area contributed by atoms with Crippen molar-refractivity contribution in [1.82, 2.24) is 20.1 Å². The Balaban J connectivity index is 1.38. The molecule has 0 saturated carbocycles. The molecule has 2 fully saturated rings. The van der Waals surface area contributed by atoms with E-state index in [4.69, 9.17) is 0 Å². The number of nitrogens with one attached hydrogen (secondary N) is 1. The molecule has 5 nitrogen and oxygen atoms in total. The van der Waals surface area contributed by atoms with Crippen molar-refractivity contribution in [2.45, 2.75) is 37.8 Å². The lowest BCUT2D eigenvalue weighted by molar-refractivity contribution is 0.0766. The summed E-state index contributed by atoms with van der Waals surface area (Å²) in [6, 6.07) is 10.8. The molecule has 26 heavy (non-hydrogen) atoms. The Bertz CT molecular complexity index is 769. The number of para-hydroxylation sites is 1. The van der Waals surface area contributed by atoms with Crippen LogP contribution in [-0.2, 0) is 0 Å². The minimum Gasteiger partial charge on any atom is -0.348 e. The molecule has 1 unspecified atom stereocenters. The summed E-state index contributed by atoms with van der Waals surface area (Å²) < 4.78 is 0. The van der Waals surface area contributed by atoms with Crippen LogP contribution in [0.4, 0.5) is 0 Å². The Hall–Kier alpha value is -1.98. The van der Waals surface area contributed by atoms with Crippen molar-refractivity contribution < 1.29 is 4.79 Å². The summed E-state index contributed by atoms with van der Waals surface area (Å²) >= 11 is 0. The zero-order valence-corrected chi connectivity index (χ0v) is 15.5. The number of aromatic nitrogens is 1. The monoisotopic (exact) mass is 352 g/mol. The van der Waals surface area contributed by atoms with Crippen LogP contribution >= 0.6 is 0 Å². The molecule has 1 aromatic heterocycles. The van der Waals surface area contributed by atoms with E-state index in [1.807, 2.05) is 30.3 Å². The summed E-state index contributed by atoms with van der Waals surface area (Å²) in [6.45, 7) is 4.50. The molecular formula is C21H28N4O. The molecule has 0 bridgehead atoms. The van der Waals surface area contributed by atoms with E-state index in [0.29, 0.717) is 11.6 Å². The van der Waals surface area contributed by atoms with Crippen LogP contribution in [0, 0.1) is 0 Å². The fraction of sp³-hybridized carbons (Fsp3) is 0.524. The maximum atomic E-state index is 12.7. The van der Waals surface area contributed by atoms with Crippen molar-refractivity contribution in [3.05, 3.63) is 42.1 Å². The normalized spacial score (nSPS) is 23.2. The van der Waals surface area contributed by atoms with Gasteiger partial charge >= 0.3 is 0 Å². The topological polar surface area (TPSA) is 48.5 Å². The maximum absolute atomic E-state index is 12.7. The smallest absolute Gasteiger partial charge is 0.253 e. The van der Waals surface area contributed by atoms with Crippen LogP contribution in [0.5, 0.6) is 0 Å². The highest BCUT2D eigenvalue weighted by molar-refractivity contribution is 5.97. The number of rotatable bonds is 3. The number of piperidine rings is 2. The number of hydrogen-bond donors (Lipinski definition) is 1. The standard InChI is InChI=1S/C21H28N4O/c1-24-11-8-19(9-12-24)25-10-4-6-18(15-25)23-21(26)17-13-16-5-2-3-7-20(16)22-14-17/h2-3,5,7,13-14,18-19H,4,6,8-12,15H2,1H3,(H,23,26). The summed E-state index contributed by atoms with van der Waals surface area (Å²) in [5.74, 6) is -0.00141. The molecule has 1 atom stereocenters. The number of nitrogens with zero attached hydrogens (tertiary/aromatic N) is 3. The van der Waals surface area contributed by atoms with E-state index < -0.39 is 0 Å². The Morgan fingerprint density at radius 1 is 1.15 bits per heavy atom. The summed E-state index contributed by atoms with van der Waals surface area (Å²) in [7, 11) is 2.20. The van der Waals surface area contributed by atoms with Gasteiger partial charge in [-0.25, -0.2) is 0 Å². The van der Waals surface area contributed by atoms with Gasteiger partial charge in [0.1, 0.15) is 0 Å². The molecule has 2 aliphatic heterocycles. The summed E-state index contributed by atoms with van der Waals surface area (Å²) in [5, 5.41) is 4.26. The zero-order chi connectivity index (χ0) is 17.9. The van der Waals surface area contributed by atoms with Crippen molar-refractivity contribution in [3.63, 3.8) is 0 Å². The number of carbonyl (C=O) groups is 1. The van der Waals surface area contributed by atoms with E-state index in [9.17, 15) is 4.79 Å². The number of hydrogen-bond acceptors (Lipinski definition) is 4. The van der Waals surface area contributed by atoms with Gasteiger partial charge in [0.15, 0.2) is 0 Å². The molecule has 0 aliphatic carbocycles. The molecule has 0 radical (unpaired) electrons. The highest BCUT2D eigenvalue weighted by Gasteiger charge is 2.28. The lowest BCUT2D eigenvalue weighted by Gasteiger charge is -2.41. The number of benzene rings is 1. The first kappa shape index (κ1) is 17.4. The molecule has 2 aliphatic rings. The Morgan fingerprint density at radius 2 is 1.96 bits per heavy atom. The quantitative estimate of drug-likeness (QED) is 0.922. The largest absolute Gasteiger partial charge is 0.348 e. The molecule has 3 heterocycles. The first-order chi connectivity index (χ1) is 12.7. The third kappa shape index (κ3) is 3.89. The summed E-state index contributed by atoms with van der Waals surface area (Å²) in [6.07, 6.45) is 6.40. The first-order valence-electron chi connectivity index (χ1n) is 9.77. The fourth-order valence-electron chi connectivity index (χ4n) is 4.28. The number of amides is 1. The van der Waals surface area contributed by atoms with Crippen LogP contribution in [-0.4, -0.2) is 66.0 Å². The second kappa shape index (κ2) is 7.72. The molecule has 1 amide bonds. The average molecular weight is 352 g/mol. The van der Waals surface area contributed by atoms with Gasteiger partial charge in [-0.15, -0.1) is 0 Å². The highest BCUT2D eigenvalue weighted by atomic mass is 16.1. The van der Waals surface area contributed by atoms with E-state index in [0.717, 1.165) is 36.8 Å². The van der Waals surface area contributed by atoms with Crippen LogP contribution < -0.4 is 5.32 Å². The van der Waals surface area contributed by atoms with E-state index in [1.54, 1.807) is 6.20 Å². The van der Waals surface area contributed by atoms with Crippen molar-refractivity contribution in [3.8, 4) is 0 Å². The summed E-state index contributed by atoms with van der Waals surface area (Å²) in [4.78, 5) is 22.1. The van der Waals surface area contributed by atoms with Crippen LogP contribution in [0.1, 0.15) is 36.0 Å². The number of likely N-dealkylation sites (tertiary alicyclic amines) is 2. The molecular weight excluding hydrogens is 324 g/mol. The van der Waals surface area contributed by atoms with Gasteiger partial charge in [0.05, 0.1) is 11.1 Å². The Kier molecular flexibility index (Phi) is 5.18. The van der Waals surface area contributed by atoms with Crippen molar-refractivity contribution in [2.75, 3.05) is 33.2 Å². The van der Waals surface area contributed by atoms with Gasteiger partial charge in [-0.3, -0.25) is 14.7 Å². The van der Waals surface area contributed by atoms with Gasteiger partial charge in [0, 0.05) is 30.2 Å². The summed E-state index contributed by atoms with van der Waals surface area (Å²) in [5.41, 5.74) is 1.58. The van der Waals surface area contributed by atoms with Gasteiger partial charge in [-0.05, 0) is 64.5 Å². The molecule has 1 N–H and O–H groups in total. The molecule has 4 rings (SSSR count). The molecule has 0 spiro atoms. The van der Waals surface area contributed by atoms with Gasteiger partial charge in [-0.1, -0.05) is 18.2 Å². The predicted octanol–water partition coefficient (Wildman–Crippen LogP) is 2.52. The van der Waals surface area contributed by atoms with Crippen molar-refractivity contribution in [1.29, 1.82) is 0 Å². The minimum absolute atomic E-state index is 0.00141. The SMILES string of the molecule is CN1CCC(N2CCCC(NC(=O)c3cnc4ccccc4c3)C2)CC1. The second-order valence-corrected chi connectivity index (χ2v) is 7.76. The Morgan fingerprint density at radius 3 is 2.81 bits per heavy atom. The predicted molar refractivity (Wildman–Crippen MR) is 104 cm³/mol. The molecule has 2 aromatic rings. The lowest BCUT2D eigenvalue weighted by atomic mass is 9.98. The van der Waals surface area contributed by atoms with Gasteiger partial charge < -0.3 is 10.2 Å². The average Bonchev–Trinajstić information content (AvgIpc) is 2.68. The van der Waals surface area contributed by atoms with E-state index in [-0.39, 0.29) is 11.9 Å². The van der Waals surface area contributed by atoms with Crippen LogP contribution in [0.25, 0.3) is 10.9 Å². The first-order valence-corrected chi connectivity index (χ1v) is 9.77. The minimum atomic E-state index is -0.00141. The van der Waals surface area contributed by atoms with Gasteiger partial charge in [0.2, 0.25) is 0 Å². The van der Waals surface area contributed by atoms with Crippen LogP contribution in [0.3, 0.4) is 0 Å². The lowest BCUT2D eigenvalue weighted by Crippen LogP contribution is -2.53. The van der Waals surface area contributed by atoms with Gasteiger partial charge in [0.25, 0.3) is 5.91 Å². The number of carbonyl (C=O) groups excluding carboxylic acids is 1. The van der Waals surface area contributed by atoms with Crippen LogP contribution in [0.2, 0.25) is 0 Å². The molecule has 2 saturated heterocycles. The van der Waals surface area contributed by atoms with E-state index in [2.05, 4.69) is 27.1 Å². The fourth-order valence-corrected chi connectivity index (χ4v) is 4.28. The maximum Gasteiger partial charge on any atom is 0.253 e. The molecule has 138 valence electrons. The number of fused-ring (bicyclic) bond motifs is 1. The van der Waals surface area contributed by atoms with Gasteiger partial charge in [-0.2, -0.15) is 0 Å². The second-order valence-electron chi connectivity index (χ2n) is 7.76. The third-order valence-electron chi connectivity index (χ3n) is 5.85. The van der Waals surface area contributed by atoms with Crippen LogP contribution in [0.15, 0.2) is 36.5 Å². The molecule has 1 aromatic carbocycles. The Labute approximate surface area is 155 Å². The zero-order valence-electron chi connectivity index (χ0n) is 15.5. The number of pyridine rings is 1. The highest BCUT2D eigenvalue weighted by Crippen LogP contribution is 2.21. The van der Waals surface area contributed by atoms with Crippen molar-refractivity contribution in [2.24, 2.45) is 0 Å². The molecule has 5 heteroatoms. The van der Waals surface area contributed by atoms with E-state index >= 15 is 0 Å². The third-order valence-corrected chi connectivity index (χ3v) is 5.85. The van der Waals surface area contributed by atoms with E-state index in [1.165, 1.54) is 25.9 Å². The van der Waals surface area contributed by atoms with Crippen molar-refractivity contribution >= 4 is 16.8 Å².